The molecule has 1 aromatic rings. The third-order valence-corrected chi connectivity index (χ3v) is 1.51. The van der Waals surface area contributed by atoms with Crippen molar-refractivity contribution < 1.29 is 4.92 Å². The second kappa shape index (κ2) is 7.09. The molecule has 0 heterocycles. The molecule has 0 unspecified atom stereocenters. The smallest absolute Gasteiger partial charge is 0.257 e. The lowest BCUT2D eigenvalue weighted by Gasteiger charge is -1.89. The maximum absolute atomic E-state index is 10.1. The van der Waals surface area contributed by atoms with Crippen LogP contribution >= 0.6 is 11.6 Å². The van der Waals surface area contributed by atoms with Gasteiger partial charge in [0.1, 0.15) is 0 Å². The van der Waals surface area contributed by atoms with Crippen molar-refractivity contribution in [3.05, 3.63) is 51.2 Å². The fourth-order valence-electron chi connectivity index (χ4n) is 0.739. The van der Waals surface area contributed by atoms with Gasteiger partial charge in [0.2, 0.25) is 0 Å². The zero-order valence-corrected chi connectivity index (χ0v) is 8.86. The van der Waals surface area contributed by atoms with Crippen molar-refractivity contribution in [2.45, 2.75) is 13.8 Å². The maximum Gasteiger partial charge on any atom is 0.337 e. The van der Waals surface area contributed by atoms with Crippen molar-refractivity contribution in [3.8, 4) is 0 Å². The van der Waals surface area contributed by atoms with Crippen molar-refractivity contribution in [1.29, 1.82) is 0 Å². The molecule has 0 bridgehead atoms. The normalized spacial score (nSPS) is 10.1. The highest BCUT2D eigenvalue weighted by molar-refractivity contribution is 6.29. The minimum Gasteiger partial charge on any atom is -0.257 e. The van der Waals surface area contributed by atoms with E-state index in [2.05, 4.69) is 0 Å². The monoisotopic (exact) mass is 213 g/mol. The quantitative estimate of drug-likeness (QED) is 0.429. The van der Waals surface area contributed by atoms with E-state index in [-0.39, 0.29) is 5.16 Å². The number of nitro groups is 1. The molecule has 0 aliphatic carbocycles. The Kier molecular flexibility index (Phi) is 6.41. The Morgan fingerprint density at radius 2 is 1.86 bits per heavy atom. The molecule has 0 radical (unpaired) electrons. The summed E-state index contributed by atoms with van der Waals surface area (Å²) in [6.45, 7) is 4.00. The first kappa shape index (κ1) is 12.7. The van der Waals surface area contributed by atoms with Gasteiger partial charge in [-0.15, -0.1) is 0 Å². The Balaban J connectivity index is 0.000000791. The molecule has 0 spiro atoms. The van der Waals surface area contributed by atoms with Crippen LogP contribution in [0.3, 0.4) is 0 Å². The average Bonchev–Trinajstić information content (AvgIpc) is 2.22. The minimum atomic E-state index is -0.630. The van der Waals surface area contributed by atoms with Crippen molar-refractivity contribution in [2.75, 3.05) is 0 Å². The van der Waals surface area contributed by atoms with Crippen LogP contribution in [-0.2, 0) is 0 Å². The summed E-state index contributed by atoms with van der Waals surface area (Å²) in [6, 6.07) is 8.89. The predicted molar refractivity (Wildman–Crippen MR) is 58.6 cm³/mol. The molecule has 0 amide bonds. The molecular weight excluding hydrogens is 202 g/mol. The lowest BCUT2D eigenvalue weighted by Crippen LogP contribution is -1.89. The molecule has 76 valence electrons. The predicted octanol–water partition coefficient (Wildman–Crippen LogP) is 3.53. The minimum absolute atomic E-state index is 0.374. The second-order valence-electron chi connectivity index (χ2n) is 2.13. The molecule has 14 heavy (non-hydrogen) atoms. The molecule has 0 saturated heterocycles. The van der Waals surface area contributed by atoms with Gasteiger partial charge in [-0.05, 0) is 17.2 Å². The first-order valence-electron chi connectivity index (χ1n) is 4.27. The van der Waals surface area contributed by atoms with Gasteiger partial charge in [0.05, 0.1) is 4.92 Å². The summed E-state index contributed by atoms with van der Waals surface area (Å²) < 4.78 is 0. The van der Waals surface area contributed by atoms with E-state index in [4.69, 9.17) is 11.6 Å². The van der Waals surface area contributed by atoms with Gasteiger partial charge in [-0.2, -0.15) is 0 Å². The van der Waals surface area contributed by atoms with Crippen LogP contribution in [0, 0.1) is 10.1 Å². The maximum atomic E-state index is 10.1. The number of nitrogens with zero attached hydrogens (tertiary/aromatic N) is 1. The zero-order chi connectivity index (χ0) is 11.0. The summed E-state index contributed by atoms with van der Waals surface area (Å²) in [6.07, 6.45) is 1.31. The molecule has 4 heteroatoms. The van der Waals surface area contributed by atoms with Crippen LogP contribution in [0.1, 0.15) is 19.4 Å². The molecule has 0 aliphatic heterocycles. The number of benzene rings is 1. The second-order valence-corrected chi connectivity index (χ2v) is 2.52. The Labute approximate surface area is 88.2 Å². The average molecular weight is 214 g/mol. The highest BCUT2D eigenvalue weighted by atomic mass is 35.5. The van der Waals surface area contributed by atoms with Crippen molar-refractivity contribution in [3.63, 3.8) is 0 Å². The zero-order valence-electron chi connectivity index (χ0n) is 8.11. The van der Waals surface area contributed by atoms with Gasteiger partial charge in [0, 0.05) is 6.08 Å². The summed E-state index contributed by atoms with van der Waals surface area (Å²) in [7, 11) is 0. The van der Waals surface area contributed by atoms with Crippen molar-refractivity contribution in [1.82, 2.24) is 0 Å². The number of hydrogen-bond acceptors (Lipinski definition) is 2. The van der Waals surface area contributed by atoms with Gasteiger partial charge < -0.3 is 0 Å². The molecule has 1 aromatic carbocycles. The first-order chi connectivity index (χ1) is 6.70. The highest BCUT2D eigenvalue weighted by Crippen LogP contribution is 2.09. The lowest BCUT2D eigenvalue weighted by atomic mass is 10.2. The number of rotatable bonds is 2. The summed E-state index contributed by atoms with van der Waals surface area (Å²) in [5.74, 6) is 0. The largest absolute Gasteiger partial charge is 0.337 e. The van der Waals surface area contributed by atoms with Crippen molar-refractivity contribution in [2.24, 2.45) is 0 Å². The molecule has 0 fully saturated rings. The summed E-state index contributed by atoms with van der Waals surface area (Å²) in [5, 5.41) is 9.74. The molecule has 0 saturated carbocycles. The van der Waals surface area contributed by atoms with Crippen LogP contribution in [-0.4, -0.2) is 4.92 Å². The van der Waals surface area contributed by atoms with Crippen LogP contribution in [0.5, 0.6) is 0 Å². The van der Waals surface area contributed by atoms with Gasteiger partial charge in [-0.1, -0.05) is 44.2 Å². The molecule has 1 rings (SSSR count). The van der Waals surface area contributed by atoms with E-state index in [1.165, 1.54) is 6.08 Å². The van der Waals surface area contributed by atoms with Gasteiger partial charge in [0.15, 0.2) is 0 Å². The van der Waals surface area contributed by atoms with Gasteiger partial charge in [-0.25, -0.2) is 0 Å². The van der Waals surface area contributed by atoms with Gasteiger partial charge in [0.25, 0.3) is 0 Å². The van der Waals surface area contributed by atoms with Crippen LogP contribution in [0.25, 0.3) is 6.08 Å². The van der Waals surface area contributed by atoms with E-state index in [1.807, 2.05) is 19.9 Å². The standard InChI is InChI=1S/C8H6ClNO2.C2H6/c9-8(10(11)12)6-7-4-2-1-3-5-7;1-2/h1-6H;1-2H3/b8-6+;. The van der Waals surface area contributed by atoms with Crippen LogP contribution in [0.2, 0.25) is 0 Å². The number of hydrogen-bond donors (Lipinski definition) is 0. The highest BCUT2D eigenvalue weighted by Gasteiger charge is 2.03. The Hall–Kier alpha value is -1.35. The van der Waals surface area contributed by atoms with Crippen LogP contribution < -0.4 is 0 Å². The van der Waals surface area contributed by atoms with E-state index >= 15 is 0 Å². The summed E-state index contributed by atoms with van der Waals surface area (Å²) in [4.78, 5) is 9.48. The molecular formula is C10H12ClNO2. The van der Waals surface area contributed by atoms with E-state index in [1.54, 1.807) is 24.3 Å². The van der Waals surface area contributed by atoms with Crippen molar-refractivity contribution >= 4 is 17.7 Å². The topological polar surface area (TPSA) is 43.1 Å². The first-order valence-corrected chi connectivity index (χ1v) is 4.64. The lowest BCUT2D eigenvalue weighted by molar-refractivity contribution is -0.410. The third kappa shape index (κ3) is 4.62. The SMILES string of the molecule is CC.O=[N+]([O-])/C(Cl)=C/c1ccccc1. The van der Waals surface area contributed by atoms with Gasteiger partial charge >= 0.3 is 5.16 Å². The fraction of sp³-hybridized carbons (Fsp3) is 0.200. The third-order valence-electron chi connectivity index (χ3n) is 1.26. The number of halogens is 1. The molecule has 0 atom stereocenters. The van der Waals surface area contributed by atoms with Crippen LogP contribution in [0.15, 0.2) is 35.5 Å². The van der Waals surface area contributed by atoms with E-state index in [0.717, 1.165) is 5.56 Å². The summed E-state index contributed by atoms with van der Waals surface area (Å²) in [5.41, 5.74) is 0.721. The summed E-state index contributed by atoms with van der Waals surface area (Å²) >= 11 is 5.31. The molecule has 3 nitrogen and oxygen atoms in total. The van der Waals surface area contributed by atoms with Gasteiger partial charge in [-0.3, -0.25) is 10.1 Å². The fourth-order valence-corrected chi connectivity index (χ4v) is 0.865. The van der Waals surface area contributed by atoms with E-state index in [0.29, 0.717) is 0 Å². The molecule has 0 aliphatic rings. The van der Waals surface area contributed by atoms with E-state index in [9.17, 15) is 10.1 Å². The van der Waals surface area contributed by atoms with E-state index < -0.39 is 4.92 Å². The molecule has 0 N–H and O–H groups in total. The Morgan fingerprint density at radius 3 is 2.29 bits per heavy atom. The van der Waals surface area contributed by atoms with Crippen LogP contribution in [0.4, 0.5) is 0 Å². The Bertz CT molecular complexity index is 309. The Morgan fingerprint density at radius 1 is 1.36 bits per heavy atom. The molecule has 0 aromatic heterocycles.